The minimum atomic E-state index is -0.778. The molecule has 0 bridgehead atoms. The van der Waals surface area contributed by atoms with E-state index in [4.69, 9.17) is 4.74 Å². The Kier molecular flexibility index (Phi) is 5.16. The van der Waals surface area contributed by atoms with Gasteiger partial charge in [-0.15, -0.1) is 0 Å². The number of hydrogen-bond acceptors (Lipinski definition) is 4. The van der Waals surface area contributed by atoms with Crippen LogP contribution in [0.25, 0.3) is 0 Å². The van der Waals surface area contributed by atoms with Crippen molar-refractivity contribution in [2.75, 3.05) is 6.54 Å². The second-order valence-corrected chi connectivity index (χ2v) is 5.05. The van der Waals surface area contributed by atoms with Crippen molar-refractivity contribution in [3.8, 4) is 11.6 Å². The first kappa shape index (κ1) is 15.3. The van der Waals surface area contributed by atoms with Crippen LogP contribution < -0.4 is 10.1 Å². The molecule has 0 fully saturated rings. The number of halogens is 2. The van der Waals surface area contributed by atoms with E-state index in [1.54, 1.807) is 6.20 Å². The third-order valence-corrected chi connectivity index (χ3v) is 2.63. The van der Waals surface area contributed by atoms with Crippen LogP contribution in [0.1, 0.15) is 19.5 Å². The van der Waals surface area contributed by atoms with Gasteiger partial charge in [0.2, 0.25) is 5.88 Å². The minimum Gasteiger partial charge on any atom is -0.434 e. The molecular formula is C15H17F2N3O. The monoisotopic (exact) mass is 293 g/mol. The molecule has 4 nitrogen and oxygen atoms in total. The van der Waals surface area contributed by atoms with Crippen molar-refractivity contribution >= 4 is 0 Å². The van der Waals surface area contributed by atoms with Gasteiger partial charge in [-0.2, -0.15) is 0 Å². The van der Waals surface area contributed by atoms with E-state index in [0.29, 0.717) is 18.2 Å². The van der Waals surface area contributed by atoms with Crippen LogP contribution in [-0.2, 0) is 6.54 Å². The van der Waals surface area contributed by atoms with Crippen molar-refractivity contribution in [1.29, 1.82) is 0 Å². The number of nitrogens with zero attached hydrogens (tertiary/aromatic N) is 2. The fourth-order valence-electron chi connectivity index (χ4n) is 1.68. The van der Waals surface area contributed by atoms with Gasteiger partial charge in [-0.1, -0.05) is 13.8 Å². The Morgan fingerprint density at radius 2 is 2.05 bits per heavy atom. The van der Waals surface area contributed by atoms with Gasteiger partial charge in [-0.05, 0) is 24.6 Å². The van der Waals surface area contributed by atoms with Gasteiger partial charge in [0.25, 0.3) is 0 Å². The highest BCUT2D eigenvalue weighted by atomic mass is 19.1. The largest absolute Gasteiger partial charge is 0.434 e. The molecule has 0 aliphatic heterocycles. The summed E-state index contributed by atoms with van der Waals surface area (Å²) in [6.07, 6.45) is 3.00. The highest BCUT2D eigenvalue weighted by Gasteiger charge is 2.08. The lowest BCUT2D eigenvalue weighted by Gasteiger charge is -2.09. The van der Waals surface area contributed by atoms with Crippen LogP contribution in [-0.4, -0.2) is 16.5 Å². The molecule has 0 unspecified atom stereocenters. The van der Waals surface area contributed by atoms with Crippen LogP contribution in [0.15, 0.2) is 30.6 Å². The summed E-state index contributed by atoms with van der Waals surface area (Å²) in [6, 6.07) is 3.10. The summed E-state index contributed by atoms with van der Waals surface area (Å²) in [7, 11) is 0. The number of hydrogen-bond donors (Lipinski definition) is 1. The van der Waals surface area contributed by atoms with E-state index in [1.165, 1.54) is 12.3 Å². The Bertz CT molecular complexity index is 605. The Morgan fingerprint density at radius 3 is 2.76 bits per heavy atom. The van der Waals surface area contributed by atoms with Gasteiger partial charge >= 0.3 is 0 Å². The van der Waals surface area contributed by atoms with Gasteiger partial charge in [-0.25, -0.2) is 13.8 Å². The van der Waals surface area contributed by atoms with Gasteiger partial charge in [0.05, 0.1) is 11.9 Å². The molecule has 1 aromatic carbocycles. The summed E-state index contributed by atoms with van der Waals surface area (Å²) in [6.45, 7) is 5.62. The molecule has 2 aromatic rings. The number of aromatic nitrogens is 2. The first-order valence-corrected chi connectivity index (χ1v) is 6.69. The molecular weight excluding hydrogens is 276 g/mol. The van der Waals surface area contributed by atoms with Crippen LogP contribution in [0.5, 0.6) is 11.6 Å². The Balaban J connectivity index is 2.03. The highest BCUT2D eigenvalue weighted by Crippen LogP contribution is 2.23. The second-order valence-electron chi connectivity index (χ2n) is 5.05. The predicted molar refractivity (Wildman–Crippen MR) is 75.0 cm³/mol. The molecule has 112 valence electrons. The SMILES string of the molecule is CC(C)CNCc1cncc(Oc2ccc(F)cc2F)n1. The van der Waals surface area contributed by atoms with Crippen molar-refractivity contribution in [3.63, 3.8) is 0 Å². The number of ether oxygens (including phenoxy) is 1. The van der Waals surface area contributed by atoms with Gasteiger partial charge in [-0.3, -0.25) is 4.98 Å². The zero-order valence-electron chi connectivity index (χ0n) is 11.9. The zero-order valence-corrected chi connectivity index (χ0v) is 11.9. The topological polar surface area (TPSA) is 47.0 Å². The molecule has 2 rings (SSSR count). The van der Waals surface area contributed by atoms with Crippen LogP contribution in [0.2, 0.25) is 0 Å². The first-order chi connectivity index (χ1) is 10.0. The number of benzene rings is 1. The third-order valence-electron chi connectivity index (χ3n) is 2.63. The van der Waals surface area contributed by atoms with E-state index in [-0.39, 0.29) is 11.6 Å². The van der Waals surface area contributed by atoms with E-state index in [0.717, 1.165) is 18.7 Å². The molecule has 1 N–H and O–H groups in total. The van der Waals surface area contributed by atoms with E-state index in [9.17, 15) is 8.78 Å². The average molecular weight is 293 g/mol. The molecule has 1 aromatic heterocycles. The lowest BCUT2D eigenvalue weighted by atomic mass is 10.2. The minimum absolute atomic E-state index is 0.0852. The lowest BCUT2D eigenvalue weighted by Crippen LogP contribution is -2.19. The van der Waals surface area contributed by atoms with Crippen LogP contribution in [0, 0.1) is 17.6 Å². The maximum Gasteiger partial charge on any atom is 0.238 e. The van der Waals surface area contributed by atoms with E-state index in [1.807, 2.05) is 0 Å². The molecule has 6 heteroatoms. The molecule has 0 atom stereocenters. The van der Waals surface area contributed by atoms with Crippen molar-refractivity contribution in [2.45, 2.75) is 20.4 Å². The van der Waals surface area contributed by atoms with Crippen molar-refractivity contribution in [2.24, 2.45) is 5.92 Å². The Morgan fingerprint density at radius 1 is 1.24 bits per heavy atom. The smallest absolute Gasteiger partial charge is 0.238 e. The molecule has 0 radical (unpaired) electrons. The van der Waals surface area contributed by atoms with Crippen LogP contribution >= 0.6 is 0 Å². The van der Waals surface area contributed by atoms with Crippen LogP contribution in [0.3, 0.4) is 0 Å². The number of nitrogens with one attached hydrogen (secondary N) is 1. The van der Waals surface area contributed by atoms with E-state index >= 15 is 0 Å². The summed E-state index contributed by atoms with van der Waals surface area (Å²) in [5, 5.41) is 3.23. The Labute approximate surface area is 122 Å². The normalized spacial score (nSPS) is 10.9. The van der Waals surface area contributed by atoms with Crippen molar-refractivity contribution < 1.29 is 13.5 Å². The van der Waals surface area contributed by atoms with Gasteiger partial charge in [0, 0.05) is 18.8 Å². The predicted octanol–water partition coefficient (Wildman–Crippen LogP) is 3.29. The summed E-state index contributed by atoms with van der Waals surface area (Å²) >= 11 is 0. The molecule has 0 saturated heterocycles. The molecule has 0 amide bonds. The number of rotatable bonds is 6. The van der Waals surface area contributed by atoms with Crippen molar-refractivity contribution in [1.82, 2.24) is 15.3 Å². The van der Waals surface area contributed by atoms with Gasteiger partial charge < -0.3 is 10.1 Å². The molecule has 0 aliphatic rings. The fraction of sp³-hybridized carbons (Fsp3) is 0.333. The highest BCUT2D eigenvalue weighted by molar-refractivity contribution is 5.28. The zero-order chi connectivity index (χ0) is 15.2. The van der Waals surface area contributed by atoms with E-state index in [2.05, 4.69) is 29.1 Å². The molecule has 0 aliphatic carbocycles. The third kappa shape index (κ3) is 4.75. The summed E-state index contributed by atoms with van der Waals surface area (Å²) in [5.74, 6) is -0.814. The van der Waals surface area contributed by atoms with Gasteiger partial charge in [0.1, 0.15) is 5.82 Å². The maximum absolute atomic E-state index is 13.5. The lowest BCUT2D eigenvalue weighted by molar-refractivity contribution is 0.419. The summed E-state index contributed by atoms with van der Waals surface area (Å²) < 4.78 is 31.6. The average Bonchev–Trinajstić information content (AvgIpc) is 2.42. The quantitative estimate of drug-likeness (QED) is 0.887. The summed E-state index contributed by atoms with van der Waals surface area (Å²) in [4.78, 5) is 8.22. The molecule has 0 saturated carbocycles. The Hall–Kier alpha value is -2.08. The second kappa shape index (κ2) is 7.08. The summed E-state index contributed by atoms with van der Waals surface area (Å²) in [5.41, 5.74) is 0.690. The molecule has 21 heavy (non-hydrogen) atoms. The van der Waals surface area contributed by atoms with Gasteiger partial charge in [0.15, 0.2) is 11.6 Å². The van der Waals surface area contributed by atoms with Crippen molar-refractivity contribution in [3.05, 3.63) is 47.9 Å². The molecule has 0 spiro atoms. The molecule has 1 heterocycles. The van der Waals surface area contributed by atoms with Crippen LogP contribution in [0.4, 0.5) is 8.78 Å². The first-order valence-electron chi connectivity index (χ1n) is 6.69. The van der Waals surface area contributed by atoms with E-state index < -0.39 is 11.6 Å². The standard InChI is InChI=1S/C15H17F2N3O/c1-10(2)6-18-7-12-8-19-9-15(20-12)21-14-4-3-11(16)5-13(14)17/h3-5,8-10,18H,6-7H2,1-2H3. The maximum atomic E-state index is 13.5. The fourth-order valence-corrected chi connectivity index (χ4v) is 1.68.